The molecule has 3 aromatic carbocycles. The molecule has 0 saturated carbocycles. The normalized spacial score (nSPS) is 13.1. The Balaban J connectivity index is 1.27. The van der Waals surface area contributed by atoms with E-state index >= 15 is 0 Å². The number of rotatable bonds is 11. The summed E-state index contributed by atoms with van der Waals surface area (Å²) in [4.78, 5) is 40.7. The van der Waals surface area contributed by atoms with Gasteiger partial charge >= 0.3 is 12.2 Å². The molecule has 1 aliphatic heterocycles. The van der Waals surface area contributed by atoms with Gasteiger partial charge in [0.1, 0.15) is 18.2 Å². The zero-order chi connectivity index (χ0) is 33.7. The minimum atomic E-state index is -4.57. The van der Waals surface area contributed by atoms with E-state index in [0.29, 0.717) is 35.3 Å². The number of hydrogen-bond donors (Lipinski definition) is 2. The lowest BCUT2D eigenvalue weighted by Gasteiger charge is -2.35. The summed E-state index contributed by atoms with van der Waals surface area (Å²) in [6.07, 6.45) is -2.92. The average Bonchev–Trinajstić information content (AvgIpc) is 3.06. The quantitative estimate of drug-likeness (QED) is 0.179. The minimum absolute atomic E-state index is 0.138. The van der Waals surface area contributed by atoms with Crippen LogP contribution < -0.4 is 25.2 Å². The van der Waals surface area contributed by atoms with Gasteiger partial charge in [-0.15, -0.1) is 0 Å². The van der Waals surface area contributed by atoms with E-state index in [1.54, 1.807) is 31.4 Å². The fourth-order valence-corrected chi connectivity index (χ4v) is 5.17. The predicted molar refractivity (Wildman–Crippen MR) is 176 cm³/mol. The number of ether oxygens (including phenoxy) is 1. The largest absolute Gasteiger partial charge is 0.492 e. The number of carbonyl (C=O) groups excluding carboxylic acids is 2. The van der Waals surface area contributed by atoms with E-state index < -0.39 is 17.6 Å². The van der Waals surface area contributed by atoms with Crippen molar-refractivity contribution in [3.05, 3.63) is 95.2 Å². The van der Waals surface area contributed by atoms with E-state index in [0.717, 1.165) is 48.8 Å². The van der Waals surface area contributed by atoms with Gasteiger partial charge in [0.15, 0.2) is 0 Å². The third kappa shape index (κ3) is 7.80. The summed E-state index contributed by atoms with van der Waals surface area (Å²) >= 11 is 0. The molecule has 1 aromatic heterocycles. The Kier molecular flexibility index (Phi) is 9.95. The number of hydrogen-bond acceptors (Lipinski definition) is 7. The Hall–Kier alpha value is -5.17. The number of urea groups is 1. The highest BCUT2D eigenvalue weighted by Crippen LogP contribution is 2.34. The van der Waals surface area contributed by atoms with Gasteiger partial charge in [0, 0.05) is 42.3 Å². The monoisotopic (exact) mass is 647 g/mol. The van der Waals surface area contributed by atoms with Crippen molar-refractivity contribution < 1.29 is 27.5 Å². The van der Waals surface area contributed by atoms with Gasteiger partial charge in [0.25, 0.3) is 5.91 Å². The lowest BCUT2D eigenvalue weighted by atomic mass is 10.1. The number of aromatic nitrogens is 2. The van der Waals surface area contributed by atoms with Crippen LogP contribution in [0.25, 0.3) is 0 Å². The van der Waals surface area contributed by atoms with Crippen LogP contribution in [0.5, 0.6) is 5.75 Å². The number of fused-ring (bicyclic) bond motifs is 1. The van der Waals surface area contributed by atoms with Gasteiger partial charge < -0.3 is 20.3 Å². The topological polar surface area (TPSA) is 103 Å². The molecule has 0 unspecified atom stereocenters. The number of anilines is 5. The fourth-order valence-electron chi connectivity index (χ4n) is 5.17. The van der Waals surface area contributed by atoms with Gasteiger partial charge in [-0.05, 0) is 80.2 Å². The molecule has 10 nitrogen and oxygen atoms in total. The van der Waals surface area contributed by atoms with Crippen LogP contribution in [0.4, 0.5) is 46.8 Å². The molecule has 246 valence electrons. The third-order valence-electron chi connectivity index (χ3n) is 7.90. The van der Waals surface area contributed by atoms with Crippen LogP contribution in [0.15, 0.2) is 72.9 Å². The van der Waals surface area contributed by atoms with Crippen LogP contribution in [0.1, 0.15) is 40.9 Å². The fraction of sp³-hybridized carbons (Fsp3) is 0.294. The van der Waals surface area contributed by atoms with Crippen LogP contribution in [0, 0.1) is 6.92 Å². The predicted octanol–water partition coefficient (Wildman–Crippen LogP) is 7.10. The van der Waals surface area contributed by atoms with Crippen LogP contribution in [-0.4, -0.2) is 60.1 Å². The number of alkyl halides is 3. The molecule has 2 N–H and O–H groups in total. The molecule has 0 bridgehead atoms. The van der Waals surface area contributed by atoms with E-state index in [9.17, 15) is 22.8 Å². The minimum Gasteiger partial charge on any atom is -0.492 e. The second kappa shape index (κ2) is 14.1. The van der Waals surface area contributed by atoms with Crippen molar-refractivity contribution >= 4 is 40.8 Å². The van der Waals surface area contributed by atoms with Gasteiger partial charge in [-0.25, -0.2) is 9.78 Å². The molecule has 3 amide bonds. The van der Waals surface area contributed by atoms with Crippen molar-refractivity contribution in [2.24, 2.45) is 0 Å². The Morgan fingerprint density at radius 2 is 1.74 bits per heavy atom. The maximum Gasteiger partial charge on any atom is 0.416 e. The summed E-state index contributed by atoms with van der Waals surface area (Å²) in [5, 5.41) is 5.81. The lowest BCUT2D eigenvalue weighted by molar-refractivity contribution is -0.137. The number of nitrogens with one attached hydrogen (secondary N) is 2. The van der Waals surface area contributed by atoms with E-state index in [1.165, 1.54) is 21.9 Å². The molecule has 0 fully saturated rings. The lowest BCUT2D eigenvalue weighted by Crippen LogP contribution is -2.46. The number of likely N-dealkylation sites (N-methyl/N-ethyl adjacent to an activating group) is 1. The Labute approximate surface area is 271 Å². The van der Waals surface area contributed by atoms with Gasteiger partial charge in [-0.1, -0.05) is 26.0 Å². The van der Waals surface area contributed by atoms with Crippen LogP contribution in [0.2, 0.25) is 0 Å². The SMILES string of the molecule is CCN(CC)CCOc1ccc(Nc2ncc3c(n2)N(C)C(=O)N(c2cc(NC(=O)c4cccc(C(F)(F)F)c4)ccc2C)C3)cc1. The third-order valence-corrected chi connectivity index (χ3v) is 7.90. The van der Waals surface area contributed by atoms with E-state index in [4.69, 9.17) is 4.74 Å². The number of carbonyl (C=O) groups is 2. The summed E-state index contributed by atoms with van der Waals surface area (Å²) in [6, 6.07) is 16.3. The molecule has 2 heterocycles. The summed E-state index contributed by atoms with van der Waals surface area (Å²) in [7, 11) is 1.61. The average molecular weight is 648 g/mol. The highest BCUT2D eigenvalue weighted by atomic mass is 19.4. The summed E-state index contributed by atoms with van der Waals surface area (Å²) < 4.78 is 45.3. The first-order valence-electron chi connectivity index (χ1n) is 15.2. The molecule has 0 radical (unpaired) electrons. The van der Waals surface area contributed by atoms with E-state index in [1.807, 2.05) is 31.2 Å². The molecule has 47 heavy (non-hydrogen) atoms. The number of amides is 3. The molecule has 0 atom stereocenters. The van der Waals surface area contributed by atoms with Crippen LogP contribution in [0.3, 0.4) is 0 Å². The van der Waals surface area contributed by atoms with Crippen molar-refractivity contribution in [1.82, 2.24) is 14.9 Å². The highest BCUT2D eigenvalue weighted by molar-refractivity contribution is 6.07. The van der Waals surface area contributed by atoms with Gasteiger partial charge in [-0.3, -0.25) is 14.6 Å². The Bertz CT molecular complexity index is 1740. The first-order chi connectivity index (χ1) is 22.5. The second-order valence-electron chi connectivity index (χ2n) is 11.0. The molecule has 0 saturated heterocycles. The van der Waals surface area contributed by atoms with Crippen molar-refractivity contribution in [2.75, 3.05) is 53.7 Å². The van der Waals surface area contributed by atoms with Crippen molar-refractivity contribution in [1.29, 1.82) is 0 Å². The summed E-state index contributed by atoms with van der Waals surface area (Å²) in [5.41, 5.74) is 2.01. The molecular formula is C34H36F3N7O3. The maximum atomic E-state index is 13.6. The number of nitrogens with zero attached hydrogens (tertiary/aromatic N) is 5. The van der Waals surface area contributed by atoms with Crippen molar-refractivity contribution in [3.8, 4) is 5.75 Å². The highest BCUT2D eigenvalue weighted by Gasteiger charge is 2.32. The molecule has 0 spiro atoms. The number of aryl methyl sites for hydroxylation is 1. The summed E-state index contributed by atoms with van der Waals surface area (Å²) in [5.74, 6) is 0.826. The number of benzene rings is 3. The summed E-state index contributed by atoms with van der Waals surface area (Å²) in [6.45, 7) is 9.63. The van der Waals surface area contributed by atoms with Crippen LogP contribution in [-0.2, 0) is 12.7 Å². The van der Waals surface area contributed by atoms with Gasteiger partial charge in [-0.2, -0.15) is 18.2 Å². The smallest absolute Gasteiger partial charge is 0.416 e. The molecule has 1 aliphatic rings. The standard InChI is InChI=1S/C34H36F3N7O3/c1-5-43(6-2)16-17-47-28-14-12-26(13-15-28)40-32-38-20-24-21-44(33(46)42(4)30(24)41-32)29-19-27(11-10-22(29)3)39-31(45)23-8-7-9-25(18-23)34(35,36)37/h7-15,18-20H,5-6,16-17,21H2,1-4H3,(H,39,45)(H,38,40,41). The van der Waals surface area contributed by atoms with Crippen molar-refractivity contribution in [3.63, 3.8) is 0 Å². The van der Waals surface area contributed by atoms with E-state index in [-0.39, 0.29) is 18.1 Å². The first-order valence-corrected chi connectivity index (χ1v) is 15.2. The number of halogens is 3. The maximum absolute atomic E-state index is 13.6. The van der Waals surface area contributed by atoms with Crippen LogP contribution >= 0.6 is 0 Å². The Morgan fingerprint density at radius 1 is 1.02 bits per heavy atom. The molecule has 0 aliphatic carbocycles. The molecule has 5 rings (SSSR count). The second-order valence-corrected chi connectivity index (χ2v) is 11.0. The molecule has 4 aromatic rings. The first kappa shape index (κ1) is 33.2. The zero-order valence-electron chi connectivity index (χ0n) is 26.6. The van der Waals surface area contributed by atoms with Gasteiger partial charge in [0.05, 0.1) is 17.8 Å². The zero-order valence-corrected chi connectivity index (χ0v) is 26.6. The molecular weight excluding hydrogens is 611 g/mol. The molecule has 13 heteroatoms. The van der Waals surface area contributed by atoms with E-state index in [2.05, 4.69) is 39.3 Å². The Morgan fingerprint density at radius 3 is 2.45 bits per heavy atom. The van der Waals surface area contributed by atoms with Crippen molar-refractivity contribution in [2.45, 2.75) is 33.5 Å². The van der Waals surface area contributed by atoms with Gasteiger partial charge in [0.2, 0.25) is 5.95 Å².